The van der Waals surface area contributed by atoms with Gasteiger partial charge in [0.1, 0.15) is 12.7 Å². The number of carboxylic acid groups (broad SMARTS) is 1. The molecule has 0 radical (unpaired) electrons. The minimum Gasteiger partial charge on any atom is -0.481 e. The second kappa shape index (κ2) is 9.59. The maximum absolute atomic E-state index is 12.9. The number of hydrogen-bond donors (Lipinski definition) is 1. The van der Waals surface area contributed by atoms with Crippen molar-refractivity contribution in [3.05, 3.63) is 12.2 Å². The summed E-state index contributed by atoms with van der Waals surface area (Å²) in [5.41, 5.74) is 0.283. The summed E-state index contributed by atoms with van der Waals surface area (Å²) in [6.45, 7) is 19.4. The van der Waals surface area contributed by atoms with Crippen LogP contribution in [-0.4, -0.2) is 35.7 Å². The number of ether oxygens (including phenoxy) is 2. The van der Waals surface area contributed by atoms with Crippen LogP contribution in [0.1, 0.15) is 113 Å². The molecule has 0 aliphatic heterocycles. The molecule has 5 saturated carbocycles. The first-order valence-electron chi connectivity index (χ1n) is 15.8. The van der Waals surface area contributed by atoms with Crippen molar-refractivity contribution < 1.29 is 29.0 Å². The molecule has 40 heavy (non-hydrogen) atoms. The highest BCUT2D eigenvalue weighted by molar-refractivity contribution is 5.76. The Hall–Kier alpha value is -1.85. The van der Waals surface area contributed by atoms with E-state index in [1.165, 1.54) is 13.8 Å². The average molecular weight is 557 g/mol. The van der Waals surface area contributed by atoms with Crippen molar-refractivity contribution in [3.8, 4) is 0 Å². The van der Waals surface area contributed by atoms with Crippen molar-refractivity contribution in [2.24, 2.45) is 56.7 Å². The minimum atomic E-state index is -0.608. The van der Waals surface area contributed by atoms with Crippen molar-refractivity contribution in [2.75, 3.05) is 6.61 Å². The molecule has 6 heteroatoms. The first kappa shape index (κ1) is 29.6. The number of rotatable bonds is 5. The van der Waals surface area contributed by atoms with E-state index in [-0.39, 0.29) is 52.7 Å². The lowest BCUT2D eigenvalue weighted by molar-refractivity contribution is -0.257. The van der Waals surface area contributed by atoms with E-state index in [4.69, 9.17) is 9.47 Å². The van der Waals surface area contributed by atoms with Crippen LogP contribution in [0.2, 0.25) is 0 Å². The van der Waals surface area contributed by atoms with E-state index in [1.54, 1.807) is 0 Å². The van der Waals surface area contributed by atoms with E-state index in [1.807, 2.05) is 0 Å². The second-order valence-electron chi connectivity index (χ2n) is 15.6. The molecule has 5 rings (SSSR count). The molecule has 5 aliphatic carbocycles. The molecule has 6 nitrogen and oxygen atoms in total. The smallest absolute Gasteiger partial charge is 0.309 e. The van der Waals surface area contributed by atoms with Crippen LogP contribution in [0.25, 0.3) is 0 Å². The van der Waals surface area contributed by atoms with Crippen LogP contribution in [-0.2, 0) is 23.9 Å². The first-order valence-corrected chi connectivity index (χ1v) is 15.8. The van der Waals surface area contributed by atoms with Crippen LogP contribution in [0.4, 0.5) is 0 Å². The van der Waals surface area contributed by atoms with Crippen LogP contribution in [0.15, 0.2) is 12.2 Å². The van der Waals surface area contributed by atoms with E-state index in [0.29, 0.717) is 17.8 Å². The topological polar surface area (TPSA) is 89.9 Å². The zero-order valence-corrected chi connectivity index (χ0v) is 25.9. The molecule has 0 bridgehead atoms. The summed E-state index contributed by atoms with van der Waals surface area (Å²) in [6, 6.07) is 0. The zero-order chi connectivity index (χ0) is 29.5. The van der Waals surface area contributed by atoms with E-state index in [0.717, 1.165) is 69.8 Å². The van der Waals surface area contributed by atoms with Crippen molar-refractivity contribution >= 4 is 17.9 Å². The van der Waals surface area contributed by atoms with Gasteiger partial charge < -0.3 is 14.6 Å². The quantitative estimate of drug-likeness (QED) is 0.284. The van der Waals surface area contributed by atoms with Crippen molar-refractivity contribution in [2.45, 2.75) is 119 Å². The molecular formula is C34H52O6. The molecule has 1 N–H and O–H groups in total. The van der Waals surface area contributed by atoms with Gasteiger partial charge in [0.15, 0.2) is 0 Å². The number of fused-ring (bicyclic) bond motifs is 7. The number of aliphatic carboxylic acids is 1. The van der Waals surface area contributed by atoms with Crippen molar-refractivity contribution in [3.63, 3.8) is 0 Å². The molecule has 2 unspecified atom stereocenters. The Kier molecular flexibility index (Phi) is 7.11. The predicted molar refractivity (Wildman–Crippen MR) is 153 cm³/mol. The highest BCUT2D eigenvalue weighted by Gasteiger charge is 2.72. The number of carbonyl (C=O) groups is 3. The molecule has 0 aromatic rings. The Bertz CT molecular complexity index is 1100. The van der Waals surface area contributed by atoms with Gasteiger partial charge in [-0.2, -0.15) is 0 Å². The Morgan fingerprint density at radius 2 is 1.50 bits per heavy atom. The van der Waals surface area contributed by atoms with Gasteiger partial charge in [-0.25, -0.2) is 0 Å². The number of allylic oxidation sites excluding steroid dienone is 1. The Balaban J connectivity index is 1.53. The van der Waals surface area contributed by atoms with Gasteiger partial charge >= 0.3 is 17.9 Å². The van der Waals surface area contributed by atoms with Gasteiger partial charge in [-0.1, -0.05) is 39.8 Å². The fourth-order valence-corrected chi connectivity index (χ4v) is 12.2. The normalized spacial score (nSPS) is 49.5. The molecule has 0 aromatic carbocycles. The van der Waals surface area contributed by atoms with Crippen LogP contribution in [0, 0.1) is 56.7 Å². The average Bonchev–Trinajstić information content (AvgIpc) is 3.26. The first-order chi connectivity index (χ1) is 18.6. The second-order valence-corrected chi connectivity index (χ2v) is 15.6. The van der Waals surface area contributed by atoms with Crippen LogP contribution in [0.3, 0.4) is 0 Å². The van der Waals surface area contributed by atoms with Crippen molar-refractivity contribution in [1.82, 2.24) is 0 Å². The number of carbonyl (C=O) groups excluding carboxylic acids is 2. The fraction of sp³-hybridized carbons (Fsp3) is 0.853. The van der Waals surface area contributed by atoms with Crippen LogP contribution < -0.4 is 0 Å². The SMILES string of the molecule is C=C(C)[C@@H]1CC[C@]2(C(=O)O)CC[C@]3(C)C(CC[C@@H]4[C@@]5(C)CCC(OC(C)=O)[C@@](C)(COC(C)=O)[C@@H]5CC[C@]43C)[C@@H]12. The fourth-order valence-electron chi connectivity index (χ4n) is 12.2. The Morgan fingerprint density at radius 1 is 0.800 bits per heavy atom. The van der Waals surface area contributed by atoms with E-state index in [9.17, 15) is 19.5 Å². The van der Waals surface area contributed by atoms with Gasteiger partial charge in [0.25, 0.3) is 0 Å². The van der Waals surface area contributed by atoms with Crippen LogP contribution >= 0.6 is 0 Å². The summed E-state index contributed by atoms with van der Waals surface area (Å²) < 4.78 is 11.6. The molecule has 0 heterocycles. The minimum absolute atomic E-state index is 0.0251. The lowest BCUT2D eigenvalue weighted by Crippen LogP contribution is -2.68. The van der Waals surface area contributed by atoms with Crippen LogP contribution in [0.5, 0.6) is 0 Å². The molecule has 5 fully saturated rings. The highest BCUT2D eigenvalue weighted by atomic mass is 16.6. The monoisotopic (exact) mass is 556 g/mol. The Morgan fingerprint density at radius 3 is 2.10 bits per heavy atom. The molecule has 0 amide bonds. The molecule has 0 spiro atoms. The van der Waals surface area contributed by atoms with Gasteiger partial charge in [-0.15, -0.1) is 0 Å². The third-order valence-corrected chi connectivity index (χ3v) is 14.1. The maximum Gasteiger partial charge on any atom is 0.309 e. The maximum atomic E-state index is 12.9. The molecular weight excluding hydrogens is 504 g/mol. The van der Waals surface area contributed by atoms with E-state index in [2.05, 4.69) is 41.2 Å². The third kappa shape index (κ3) is 3.89. The number of carboxylic acids is 1. The third-order valence-electron chi connectivity index (χ3n) is 14.1. The summed E-state index contributed by atoms with van der Waals surface area (Å²) in [6.07, 6.45) is 9.20. The molecule has 5 aliphatic rings. The number of esters is 2. The van der Waals surface area contributed by atoms with E-state index < -0.39 is 16.8 Å². The van der Waals surface area contributed by atoms with Gasteiger partial charge in [-0.3, -0.25) is 14.4 Å². The summed E-state index contributed by atoms with van der Waals surface area (Å²) in [4.78, 5) is 36.9. The molecule has 0 aromatic heterocycles. The number of hydrogen-bond acceptors (Lipinski definition) is 5. The summed E-state index contributed by atoms with van der Waals surface area (Å²) >= 11 is 0. The largest absolute Gasteiger partial charge is 0.481 e. The molecule has 0 saturated heterocycles. The predicted octanol–water partition coefficient (Wildman–Crippen LogP) is 7.20. The van der Waals surface area contributed by atoms with Gasteiger partial charge in [-0.05, 0) is 117 Å². The van der Waals surface area contributed by atoms with Gasteiger partial charge in [0.2, 0.25) is 0 Å². The van der Waals surface area contributed by atoms with Crippen molar-refractivity contribution in [1.29, 1.82) is 0 Å². The zero-order valence-electron chi connectivity index (χ0n) is 25.9. The van der Waals surface area contributed by atoms with Gasteiger partial charge in [0.05, 0.1) is 5.41 Å². The summed E-state index contributed by atoms with van der Waals surface area (Å²) in [5, 5.41) is 10.6. The standard InChI is InChI=1S/C34H52O6/c1-20(2)23-11-16-34(29(37)38)18-17-32(7)24(28(23)34)9-10-26-30(5)14-13-27(40-22(4)36)31(6,19-39-21(3)35)25(30)12-15-33(26,32)8/h23-28H,1,9-19H2,2-8H3,(H,37,38)/t23-,24?,25+,26+,27?,28+,30-,31-,32+,33+,34-/m0/s1. The lowest BCUT2D eigenvalue weighted by atomic mass is 9.32. The highest BCUT2D eigenvalue weighted by Crippen LogP contribution is 2.77. The summed E-state index contributed by atoms with van der Waals surface area (Å²) in [5.74, 6) is 0.436. The van der Waals surface area contributed by atoms with E-state index >= 15 is 0 Å². The van der Waals surface area contributed by atoms with Gasteiger partial charge in [0, 0.05) is 19.3 Å². The molecule has 11 atom stereocenters. The summed E-state index contributed by atoms with van der Waals surface area (Å²) in [7, 11) is 0. The lowest BCUT2D eigenvalue weighted by Gasteiger charge is -2.72. The molecule has 224 valence electrons. The Labute approximate surface area is 241 Å².